The number of ether oxygens (including phenoxy) is 2. The molecular weight excluding hydrogens is 462 g/mol. The van der Waals surface area contributed by atoms with Gasteiger partial charge in [0.1, 0.15) is 17.5 Å². The van der Waals surface area contributed by atoms with Gasteiger partial charge < -0.3 is 30.5 Å². The van der Waals surface area contributed by atoms with Crippen LogP contribution in [0.3, 0.4) is 0 Å². The van der Waals surface area contributed by atoms with Crippen LogP contribution in [-0.2, 0) is 11.2 Å². The third-order valence-corrected chi connectivity index (χ3v) is 5.77. The fourth-order valence-electron chi connectivity index (χ4n) is 3.63. The number of nitrogens with one attached hydrogen (secondary N) is 4. The number of hydrogen-bond acceptors (Lipinski definition) is 6. The number of aliphatic hydroxyl groups excluding tert-OH is 1. The lowest BCUT2D eigenvalue weighted by Crippen LogP contribution is -2.49. The van der Waals surface area contributed by atoms with Crippen molar-refractivity contribution in [1.29, 1.82) is 0 Å². The summed E-state index contributed by atoms with van der Waals surface area (Å²) in [7, 11) is 1.59. The summed E-state index contributed by atoms with van der Waals surface area (Å²) in [5.41, 5.74) is 3.07. The molecule has 4 rings (SSSR count). The molecule has 190 valence electrons. The second kappa shape index (κ2) is 12.1. The SMILES string of the molecule is COc1ccc(CC(NC(=O)Nc2ccc(-c3cn[nH]c3)cc2OCCCO)C(=O)NC2CC2)cc1. The molecule has 5 N–H and O–H groups in total. The van der Waals surface area contributed by atoms with Gasteiger partial charge in [-0.15, -0.1) is 0 Å². The van der Waals surface area contributed by atoms with Gasteiger partial charge in [-0.1, -0.05) is 18.2 Å². The van der Waals surface area contributed by atoms with Crippen molar-refractivity contribution in [2.75, 3.05) is 25.6 Å². The van der Waals surface area contributed by atoms with Crippen molar-refractivity contribution in [3.8, 4) is 22.6 Å². The maximum Gasteiger partial charge on any atom is 0.320 e. The number of benzene rings is 2. The number of hydrogen-bond donors (Lipinski definition) is 5. The fourth-order valence-corrected chi connectivity index (χ4v) is 3.63. The number of anilines is 1. The molecule has 0 saturated heterocycles. The van der Waals surface area contributed by atoms with Gasteiger partial charge in [-0.2, -0.15) is 5.10 Å². The molecule has 3 amide bonds. The Morgan fingerprint density at radius 3 is 2.64 bits per heavy atom. The molecule has 0 aliphatic heterocycles. The van der Waals surface area contributed by atoms with Crippen LogP contribution < -0.4 is 25.4 Å². The first kappa shape index (κ1) is 25.1. The first-order valence-corrected chi connectivity index (χ1v) is 11.9. The van der Waals surface area contributed by atoms with Gasteiger partial charge in [0.25, 0.3) is 0 Å². The van der Waals surface area contributed by atoms with Crippen LogP contribution in [-0.4, -0.2) is 59.6 Å². The summed E-state index contributed by atoms with van der Waals surface area (Å²) in [5, 5.41) is 24.4. The smallest absolute Gasteiger partial charge is 0.320 e. The van der Waals surface area contributed by atoms with E-state index in [1.807, 2.05) is 30.3 Å². The predicted octanol–water partition coefficient (Wildman–Crippen LogP) is 2.86. The van der Waals surface area contributed by atoms with Gasteiger partial charge in [-0.3, -0.25) is 9.89 Å². The summed E-state index contributed by atoms with van der Waals surface area (Å²) in [6.45, 7) is 0.277. The number of amides is 3. The highest BCUT2D eigenvalue weighted by Gasteiger charge is 2.29. The predicted molar refractivity (Wildman–Crippen MR) is 135 cm³/mol. The van der Waals surface area contributed by atoms with Gasteiger partial charge in [0, 0.05) is 37.3 Å². The largest absolute Gasteiger partial charge is 0.497 e. The van der Waals surface area contributed by atoms with Crippen molar-refractivity contribution >= 4 is 17.6 Å². The van der Waals surface area contributed by atoms with Crippen LogP contribution in [0, 0.1) is 0 Å². The molecule has 0 spiro atoms. The van der Waals surface area contributed by atoms with Gasteiger partial charge in [0.05, 0.1) is 25.6 Å². The van der Waals surface area contributed by atoms with Gasteiger partial charge in [-0.25, -0.2) is 4.79 Å². The first-order valence-electron chi connectivity index (χ1n) is 11.9. The molecule has 36 heavy (non-hydrogen) atoms. The van der Waals surface area contributed by atoms with E-state index in [1.54, 1.807) is 31.6 Å². The molecule has 10 nitrogen and oxygen atoms in total. The van der Waals surface area contributed by atoms with Crippen molar-refractivity contribution in [3.05, 3.63) is 60.4 Å². The molecule has 1 saturated carbocycles. The standard InChI is InChI=1S/C26H31N5O5/c1-35-21-8-3-17(4-9-21)13-23(25(33)29-20-6-7-20)31-26(34)30-22-10-5-18(19-15-27-28-16-19)14-24(22)36-12-2-11-32/h3-5,8-10,14-16,20,23,32H,2,6-7,11-13H2,1H3,(H,27,28)(H,29,33)(H2,30,31,34). The van der Waals surface area contributed by atoms with E-state index in [-0.39, 0.29) is 25.2 Å². The van der Waals surface area contributed by atoms with Gasteiger partial charge in [0.15, 0.2) is 0 Å². The summed E-state index contributed by atoms with van der Waals surface area (Å²) in [6.07, 6.45) is 6.13. The zero-order chi connectivity index (χ0) is 25.3. The number of aromatic nitrogens is 2. The maximum absolute atomic E-state index is 13.0. The zero-order valence-corrected chi connectivity index (χ0v) is 20.1. The van der Waals surface area contributed by atoms with Crippen LogP contribution in [0.15, 0.2) is 54.9 Å². The third kappa shape index (κ3) is 6.98. The fraction of sp³-hybridized carbons (Fsp3) is 0.346. The Balaban J connectivity index is 1.47. The van der Waals surface area contributed by atoms with E-state index < -0.39 is 12.1 Å². The number of carbonyl (C=O) groups excluding carboxylic acids is 2. The van der Waals surface area contributed by atoms with Crippen LogP contribution in [0.4, 0.5) is 10.5 Å². The summed E-state index contributed by atoms with van der Waals surface area (Å²) >= 11 is 0. The molecule has 1 heterocycles. The minimum atomic E-state index is -0.761. The number of H-pyrrole nitrogens is 1. The second-order valence-electron chi connectivity index (χ2n) is 8.61. The van der Waals surface area contributed by atoms with E-state index in [0.717, 1.165) is 35.3 Å². The molecule has 1 aliphatic carbocycles. The Labute approximate surface area is 209 Å². The van der Waals surface area contributed by atoms with Gasteiger partial charge >= 0.3 is 6.03 Å². The van der Waals surface area contributed by atoms with Crippen LogP contribution >= 0.6 is 0 Å². The van der Waals surface area contributed by atoms with E-state index in [4.69, 9.17) is 14.6 Å². The highest BCUT2D eigenvalue weighted by molar-refractivity contribution is 5.95. The average molecular weight is 494 g/mol. The van der Waals surface area contributed by atoms with Crippen molar-refractivity contribution in [2.45, 2.75) is 37.8 Å². The first-order chi connectivity index (χ1) is 17.6. The Bertz CT molecular complexity index is 1150. The molecule has 1 unspecified atom stereocenters. The molecular formula is C26H31N5O5. The topological polar surface area (TPSA) is 138 Å². The molecule has 0 bridgehead atoms. The highest BCUT2D eigenvalue weighted by atomic mass is 16.5. The van der Waals surface area contributed by atoms with Crippen molar-refractivity contribution in [1.82, 2.24) is 20.8 Å². The Kier molecular flexibility index (Phi) is 8.40. The molecule has 3 aromatic rings. The number of nitrogens with zero attached hydrogens (tertiary/aromatic N) is 1. The second-order valence-corrected chi connectivity index (χ2v) is 8.61. The third-order valence-electron chi connectivity index (χ3n) is 5.77. The van der Waals surface area contributed by atoms with Crippen LogP contribution in [0.1, 0.15) is 24.8 Å². The Hall–Kier alpha value is -4.05. The summed E-state index contributed by atoms with van der Waals surface area (Å²) < 4.78 is 11.0. The Morgan fingerprint density at radius 1 is 1.17 bits per heavy atom. The molecule has 1 aliphatic rings. The minimum absolute atomic E-state index is 0.00614. The number of urea groups is 1. The van der Waals surface area contributed by atoms with Gasteiger partial charge in [-0.05, 0) is 48.2 Å². The lowest BCUT2D eigenvalue weighted by atomic mass is 10.0. The van der Waals surface area contributed by atoms with E-state index in [1.165, 1.54) is 0 Å². The molecule has 10 heteroatoms. The van der Waals surface area contributed by atoms with Crippen molar-refractivity contribution in [2.24, 2.45) is 0 Å². The summed E-state index contributed by atoms with van der Waals surface area (Å²) in [5.74, 6) is 0.945. The Morgan fingerprint density at radius 2 is 1.97 bits per heavy atom. The summed E-state index contributed by atoms with van der Waals surface area (Å²) in [6, 6.07) is 11.6. The molecule has 1 atom stereocenters. The highest BCUT2D eigenvalue weighted by Crippen LogP contribution is 2.31. The maximum atomic E-state index is 13.0. The molecule has 2 aromatic carbocycles. The number of aromatic amines is 1. The monoisotopic (exact) mass is 493 g/mol. The number of carbonyl (C=O) groups is 2. The lowest BCUT2D eigenvalue weighted by molar-refractivity contribution is -0.123. The quantitative estimate of drug-likeness (QED) is 0.246. The molecule has 1 aromatic heterocycles. The zero-order valence-electron chi connectivity index (χ0n) is 20.1. The van der Waals surface area contributed by atoms with E-state index >= 15 is 0 Å². The number of rotatable bonds is 12. The van der Waals surface area contributed by atoms with Crippen LogP contribution in [0.2, 0.25) is 0 Å². The van der Waals surface area contributed by atoms with E-state index in [9.17, 15) is 9.59 Å². The van der Waals surface area contributed by atoms with E-state index in [0.29, 0.717) is 24.3 Å². The van der Waals surface area contributed by atoms with Crippen LogP contribution in [0.5, 0.6) is 11.5 Å². The molecule has 0 radical (unpaired) electrons. The van der Waals surface area contributed by atoms with E-state index in [2.05, 4.69) is 26.1 Å². The normalized spacial score (nSPS) is 13.5. The van der Waals surface area contributed by atoms with Crippen LogP contribution in [0.25, 0.3) is 11.1 Å². The minimum Gasteiger partial charge on any atom is -0.497 e. The number of methoxy groups -OCH3 is 1. The lowest BCUT2D eigenvalue weighted by Gasteiger charge is -2.20. The molecule has 1 fully saturated rings. The number of aliphatic hydroxyl groups is 1. The summed E-state index contributed by atoms with van der Waals surface area (Å²) in [4.78, 5) is 25.9. The van der Waals surface area contributed by atoms with Crippen molar-refractivity contribution in [3.63, 3.8) is 0 Å². The van der Waals surface area contributed by atoms with Crippen molar-refractivity contribution < 1.29 is 24.2 Å². The average Bonchev–Trinajstić information content (AvgIpc) is 3.53. The van der Waals surface area contributed by atoms with Gasteiger partial charge in [0.2, 0.25) is 5.91 Å².